The predicted molar refractivity (Wildman–Crippen MR) is 42.7 cm³/mol. The highest BCUT2D eigenvalue weighted by Crippen LogP contribution is 1.91. The maximum absolute atomic E-state index is 10.6. The second kappa shape index (κ2) is 4.09. The first-order valence-electron chi connectivity index (χ1n) is 3.47. The number of nitrogens with one attached hydrogen (secondary N) is 1. The van der Waals surface area contributed by atoms with E-state index in [9.17, 15) is 4.79 Å². The monoisotopic (exact) mass is 141 g/mol. The molecule has 0 radical (unpaired) electrons. The summed E-state index contributed by atoms with van der Waals surface area (Å²) in [6, 6.07) is 0.397. The molecule has 0 aromatic rings. The molecular formula is C8H15NO. The Morgan fingerprint density at radius 2 is 1.90 bits per heavy atom. The predicted octanol–water partition coefficient (Wildman–Crippen LogP) is 1.48. The Labute approximate surface area is 62.3 Å². The maximum atomic E-state index is 10.6. The van der Waals surface area contributed by atoms with Gasteiger partial charge in [-0.25, -0.2) is 0 Å². The zero-order valence-corrected chi connectivity index (χ0v) is 7.06. The number of carbonyl (C=O) groups is 1. The van der Waals surface area contributed by atoms with Crippen LogP contribution in [-0.2, 0) is 4.79 Å². The van der Waals surface area contributed by atoms with Crippen molar-refractivity contribution in [3.05, 3.63) is 11.8 Å². The molecule has 0 aromatic heterocycles. The zero-order chi connectivity index (χ0) is 8.15. The van der Waals surface area contributed by atoms with Crippen LogP contribution < -0.4 is 5.32 Å². The van der Waals surface area contributed by atoms with E-state index in [0.717, 1.165) is 5.57 Å². The molecule has 0 spiro atoms. The number of allylic oxidation sites excluding steroid dienone is 1. The van der Waals surface area contributed by atoms with Crippen LogP contribution in [0, 0.1) is 0 Å². The van der Waals surface area contributed by atoms with Crippen LogP contribution in [0.3, 0.4) is 0 Å². The van der Waals surface area contributed by atoms with Crippen LogP contribution in [0.4, 0.5) is 0 Å². The molecule has 10 heavy (non-hydrogen) atoms. The van der Waals surface area contributed by atoms with Gasteiger partial charge in [0.25, 0.3) is 0 Å². The molecular weight excluding hydrogens is 126 g/mol. The fourth-order valence-electron chi connectivity index (χ4n) is 0.393. The van der Waals surface area contributed by atoms with E-state index in [2.05, 4.69) is 5.32 Å². The van der Waals surface area contributed by atoms with Gasteiger partial charge in [0.1, 0.15) is 0 Å². The molecule has 0 atom stereocenters. The van der Waals surface area contributed by atoms with Crippen LogP contribution >= 0.6 is 0 Å². The Balaban J connectivity index is 3.81. The van der Waals surface area contributed by atoms with Gasteiger partial charge in [0, 0.05) is 17.8 Å². The van der Waals surface area contributed by atoms with Gasteiger partial charge < -0.3 is 5.32 Å². The van der Waals surface area contributed by atoms with Gasteiger partial charge in [-0.3, -0.25) is 4.79 Å². The summed E-state index contributed by atoms with van der Waals surface area (Å²) in [5.41, 5.74) is 0.772. The molecule has 0 fully saturated rings. The summed E-state index contributed by atoms with van der Waals surface area (Å²) in [7, 11) is 0. The number of rotatable bonds is 3. The topological polar surface area (TPSA) is 29.1 Å². The van der Waals surface area contributed by atoms with Crippen LogP contribution in [0.1, 0.15) is 27.7 Å². The average molecular weight is 141 g/mol. The molecule has 2 heteroatoms. The van der Waals surface area contributed by atoms with Crippen LogP contribution in [0.5, 0.6) is 0 Å². The fraction of sp³-hybridized carbons (Fsp3) is 0.625. The van der Waals surface area contributed by atoms with Gasteiger partial charge in [0.2, 0.25) is 0 Å². The first-order chi connectivity index (χ1) is 4.54. The lowest BCUT2D eigenvalue weighted by Gasteiger charge is -2.03. The highest BCUT2D eigenvalue weighted by Gasteiger charge is 1.94. The van der Waals surface area contributed by atoms with Crippen LogP contribution in [-0.4, -0.2) is 11.8 Å². The molecule has 0 unspecified atom stereocenters. The molecule has 58 valence electrons. The van der Waals surface area contributed by atoms with Crippen molar-refractivity contribution in [2.45, 2.75) is 33.7 Å². The molecule has 0 aliphatic rings. The second-order valence-corrected chi connectivity index (χ2v) is 2.70. The highest BCUT2D eigenvalue weighted by atomic mass is 16.1. The minimum atomic E-state index is 0.119. The lowest BCUT2D eigenvalue weighted by atomic mass is 10.2. The largest absolute Gasteiger partial charge is 0.388 e. The van der Waals surface area contributed by atoms with Crippen LogP contribution in [0.2, 0.25) is 0 Å². The molecule has 0 aliphatic heterocycles. The Morgan fingerprint density at radius 3 is 2.20 bits per heavy atom. The van der Waals surface area contributed by atoms with E-state index in [4.69, 9.17) is 0 Å². The average Bonchev–Trinajstić information content (AvgIpc) is 1.82. The van der Waals surface area contributed by atoms with Crippen molar-refractivity contribution in [3.8, 4) is 0 Å². The maximum Gasteiger partial charge on any atom is 0.156 e. The minimum Gasteiger partial charge on any atom is -0.388 e. The standard InChI is InChI=1S/C8H15NO/c1-6(2)9-5-7(3)8(4)10/h5-6,9H,1-4H3/b7-5-. The molecule has 0 aromatic carbocycles. The van der Waals surface area contributed by atoms with Gasteiger partial charge >= 0.3 is 0 Å². The number of hydrogen-bond donors (Lipinski definition) is 1. The molecule has 0 saturated heterocycles. The quantitative estimate of drug-likeness (QED) is 0.603. The molecule has 1 N–H and O–H groups in total. The van der Waals surface area contributed by atoms with Gasteiger partial charge in [-0.15, -0.1) is 0 Å². The van der Waals surface area contributed by atoms with E-state index in [1.54, 1.807) is 20.0 Å². The van der Waals surface area contributed by atoms with E-state index < -0.39 is 0 Å². The molecule has 0 rings (SSSR count). The van der Waals surface area contributed by atoms with Crippen molar-refractivity contribution in [3.63, 3.8) is 0 Å². The Hall–Kier alpha value is -0.790. The minimum absolute atomic E-state index is 0.119. The first kappa shape index (κ1) is 9.21. The highest BCUT2D eigenvalue weighted by molar-refractivity contribution is 5.92. The number of ketones is 1. The van der Waals surface area contributed by atoms with E-state index in [1.807, 2.05) is 13.8 Å². The molecule has 0 bridgehead atoms. The van der Waals surface area contributed by atoms with Gasteiger partial charge in [-0.05, 0) is 27.7 Å². The molecule has 0 amide bonds. The summed E-state index contributed by atoms with van der Waals surface area (Å²) in [6.07, 6.45) is 1.76. The van der Waals surface area contributed by atoms with Gasteiger partial charge in [-0.1, -0.05) is 0 Å². The molecule has 0 heterocycles. The van der Waals surface area contributed by atoms with Crippen molar-refractivity contribution < 1.29 is 4.79 Å². The Kier molecular flexibility index (Phi) is 3.77. The van der Waals surface area contributed by atoms with Gasteiger partial charge in [0.05, 0.1) is 0 Å². The normalized spacial score (nSPS) is 11.9. The summed E-state index contributed by atoms with van der Waals surface area (Å²) in [5, 5.41) is 3.04. The first-order valence-corrected chi connectivity index (χ1v) is 3.47. The Morgan fingerprint density at radius 1 is 1.40 bits per heavy atom. The lowest BCUT2D eigenvalue weighted by Crippen LogP contribution is -2.16. The third-order valence-corrected chi connectivity index (χ3v) is 1.19. The summed E-state index contributed by atoms with van der Waals surface area (Å²) in [6.45, 7) is 7.43. The smallest absolute Gasteiger partial charge is 0.156 e. The summed E-state index contributed by atoms with van der Waals surface area (Å²) >= 11 is 0. The van der Waals surface area contributed by atoms with E-state index in [0.29, 0.717) is 6.04 Å². The number of hydrogen-bond acceptors (Lipinski definition) is 2. The van der Waals surface area contributed by atoms with E-state index >= 15 is 0 Å². The fourth-order valence-corrected chi connectivity index (χ4v) is 0.393. The van der Waals surface area contributed by atoms with Crippen molar-refractivity contribution >= 4 is 5.78 Å². The molecule has 0 aliphatic carbocycles. The SMILES string of the molecule is CC(=O)/C(C)=C\NC(C)C. The zero-order valence-electron chi connectivity index (χ0n) is 7.06. The van der Waals surface area contributed by atoms with Crippen molar-refractivity contribution in [1.29, 1.82) is 0 Å². The summed E-state index contributed by atoms with van der Waals surface area (Å²) in [5.74, 6) is 0.119. The second-order valence-electron chi connectivity index (χ2n) is 2.70. The third-order valence-electron chi connectivity index (χ3n) is 1.19. The summed E-state index contributed by atoms with van der Waals surface area (Å²) < 4.78 is 0. The van der Waals surface area contributed by atoms with E-state index in [1.165, 1.54) is 0 Å². The van der Waals surface area contributed by atoms with Gasteiger partial charge in [-0.2, -0.15) is 0 Å². The molecule has 2 nitrogen and oxygen atoms in total. The van der Waals surface area contributed by atoms with Crippen LogP contribution in [0.15, 0.2) is 11.8 Å². The number of Topliss-reactive ketones (excluding diaryl/α,β-unsaturated/α-hetero) is 1. The van der Waals surface area contributed by atoms with Gasteiger partial charge in [0.15, 0.2) is 5.78 Å². The van der Waals surface area contributed by atoms with Crippen LogP contribution in [0.25, 0.3) is 0 Å². The Bertz CT molecular complexity index is 147. The van der Waals surface area contributed by atoms with Crippen molar-refractivity contribution in [2.75, 3.05) is 0 Å². The lowest BCUT2D eigenvalue weighted by molar-refractivity contribution is -0.113. The van der Waals surface area contributed by atoms with E-state index in [-0.39, 0.29) is 5.78 Å². The molecule has 0 saturated carbocycles. The van der Waals surface area contributed by atoms with Crippen molar-refractivity contribution in [2.24, 2.45) is 0 Å². The third kappa shape index (κ3) is 4.13. The van der Waals surface area contributed by atoms with Crippen molar-refractivity contribution in [1.82, 2.24) is 5.32 Å². The number of carbonyl (C=O) groups excluding carboxylic acids is 1. The summed E-state index contributed by atoms with van der Waals surface area (Å²) in [4.78, 5) is 10.6.